The van der Waals surface area contributed by atoms with Crippen molar-refractivity contribution in [1.29, 1.82) is 0 Å². The molecule has 0 radical (unpaired) electrons. The Labute approximate surface area is 156 Å². The third-order valence-electron chi connectivity index (χ3n) is 5.70. The summed E-state index contributed by atoms with van der Waals surface area (Å²) in [5, 5.41) is 0. The minimum atomic E-state index is -0.0945. The monoisotopic (exact) mass is 434 g/mol. The molecule has 134 valence electrons. The first kappa shape index (κ1) is 19.7. The smallest absolute Gasteiger partial charge is 0.155 e. The molecule has 23 heavy (non-hydrogen) atoms. The van der Waals surface area contributed by atoms with Gasteiger partial charge in [0.15, 0.2) is 6.29 Å². The van der Waals surface area contributed by atoms with Gasteiger partial charge in [0.25, 0.3) is 0 Å². The number of hydrogen-bond donors (Lipinski definition) is 0. The average molecular weight is 434 g/mol. The molecule has 2 aliphatic carbocycles. The third kappa shape index (κ3) is 7.03. The summed E-state index contributed by atoms with van der Waals surface area (Å²) in [7, 11) is 0. The van der Waals surface area contributed by atoms with Gasteiger partial charge in [-0.15, -0.1) is 0 Å². The molecule has 0 saturated heterocycles. The van der Waals surface area contributed by atoms with E-state index in [0.29, 0.717) is 5.92 Å². The molecule has 0 aliphatic heterocycles. The van der Waals surface area contributed by atoms with Gasteiger partial charge in [0, 0.05) is 6.61 Å². The maximum Gasteiger partial charge on any atom is 0.155 e. The molecule has 0 aromatic heterocycles. The van der Waals surface area contributed by atoms with Crippen LogP contribution in [0.1, 0.15) is 78.1 Å². The summed E-state index contributed by atoms with van der Waals surface area (Å²) in [4.78, 5) is 0. The van der Waals surface area contributed by atoms with Crippen molar-refractivity contribution in [3.05, 3.63) is 10.2 Å². The quantitative estimate of drug-likeness (QED) is 0.289. The molecule has 2 unspecified atom stereocenters. The van der Waals surface area contributed by atoms with E-state index >= 15 is 0 Å². The molecule has 2 rings (SSSR count). The Morgan fingerprint density at radius 2 is 1.78 bits per heavy atom. The second-order valence-corrected chi connectivity index (χ2v) is 8.19. The largest absolute Gasteiger partial charge is 0.353 e. The number of rotatable bonds is 10. The Morgan fingerprint density at radius 3 is 2.43 bits per heavy atom. The Balaban J connectivity index is 1.61. The number of halogens is 1. The number of hydrogen-bond acceptors (Lipinski definition) is 2. The summed E-state index contributed by atoms with van der Waals surface area (Å²) >= 11 is 2.30. The second kappa shape index (κ2) is 11.1. The van der Waals surface area contributed by atoms with Crippen molar-refractivity contribution in [2.24, 2.45) is 17.8 Å². The van der Waals surface area contributed by atoms with Crippen LogP contribution < -0.4 is 0 Å². The normalized spacial score (nSPS) is 28.7. The van der Waals surface area contributed by atoms with Crippen LogP contribution >= 0.6 is 22.6 Å². The van der Waals surface area contributed by atoms with Crippen LogP contribution in [0.4, 0.5) is 0 Å². The van der Waals surface area contributed by atoms with E-state index in [-0.39, 0.29) is 12.4 Å². The predicted molar refractivity (Wildman–Crippen MR) is 106 cm³/mol. The topological polar surface area (TPSA) is 18.5 Å². The third-order valence-corrected chi connectivity index (χ3v) is 6.11. The second-order valence-electron chi connectivity index (χ2n) is 7.47. The summed E-state index contributed by atoms with van der Waals surface area (Å²) < 4.78 is 13.7. The fraction of sp³-hybridized carbons (Fsp3) is 0.900. The first-order valence-electron chi connectivity index (χ1n) is 9.76. The summed E-state index contributed by atoms with van der Waals surface area (Å²) in [6, 6.07) is 0. The fourth-order valence-corrected chi connectivity index (χ4v) is 4.75. The van der Waals surface area contributed by atoms with Crippen molar-refractivity contribution in [2.45, 2.75) is 90.4 Å². The Bertz CT molecular complexity index is 333. The maximum atomic E-state index is 6.07. The van der Waals surface area contributed by atoms with Crippen LogP contribution in [0.3, 0.4) is 0 Å². The predicted octanol–water partition coefficient (Wildman–Crippen LogP) is 6.48. The van der Waals surface area contributed by atoms with Crippen LogP contribution in [0, 0.1) is 17.8 Å². The lowest BCUT2D eigenvalue weighted by Crippen LogP contribution is -2.36. The zero-order chi connectivity index (χ0) is 16.5. The number of ether oxygens (including phenoxy) is 2. The molecule has 2 saturated carbocycles. The highest BCUT2D eigenvalue weighted by Gasteiger charge is 2.35. The molecule has 2 nitrogen and oxygen atoms in total. The van der Waals surface area contributed by atoms with Crippen LogP contribution in [-0.4, -0.2) is 19.0 Å². The van der Waals surface area contributed by atoms with E-state index in [1.807, 2.05) is 13.8 Å². The molecule has 2 fully saturated rings. The van der Waals surface area contributed by atoms with Gasteiger partial charge in [-0.05, 0) is 54.6 Å². The van der Waals surface area contributed by atoms with Crippen molar-refractivity contribution in [2.75, 3.05) is 6.61 Å². The van der Waals surface area contributed by atoms with E-state index < -0.39 is 0 Å². The zero-order valence-electron chi connectivity index (χ0n) is 15.0. The van der Waals surface area contributed by atoms with Gasteiger partial charge in [0.05, 0.1) is 6.10 Å². The molecule has 0 amide bonds. The molecule has 0 bridgehead atoms. The first-order valence-corrected chi connectivity index (χ1v) is 11.0. The van der Waals surface area contributed by atoms with Crippen molar-refractivity contribution >= 4 is 22.6 Å². The Hall–Kier alpha value is 0.390. The van der Waals surface area contributed by atoms with Crippen molar-refractivity contribution in [3.8, 4) is 0 Å². The van der Waals surface area contributed by atoms with Crippen LogP contribution in [0.15, 0.2) is 10.2 Å². The van der Waals surface area contributed by atoms with Gasteiger partial charge in [0.1, 0.15) is 0 Å². The molecular weight excluding hydrogens is 399 g/mol. The van der Waals surface area contributed by atoms with Gasteiger partial charge in [-0.2, -0.15) is 0 Å². The van der Waals surface area contributed by atoms with Gasteiger partial charge in [0.2, 0.25) is 0 Å². The lowest BCUT2D eigenvalue weighted by atomic mass is 9.69. The molecule has 0 aromatic carbocycles. The molecule has 2 aliphatic rings. The summed E-state index contributed by atoms with van der Waals surface area (Å²) in [6.45, 7) is 4.75. The van der Waals surface area contributed by atoms with E-state index in [0.717, 1.165) is 18.4 Å². The van der Waals surface area contributed by atoms with Gasteiger partial charge in [-0.1, -0.05) is 74.0 Å². The summed E-state index contributed by atoms with van der Waals surface area (Å²) in [5.74, 6) is 2.69. The maximum absolute atomic E-state index is 6.07. The van der Waals surface area contributed by atoms with Crippen LogP contribution in [-0.2, 0) is 9.47 Å². The lowest BCUT2D eigenvalue weighted by Gasteiger charge is -2.40. The first-order chi connectivity index (χ1) is 11.2. The molecule has 2 atom stereocenters. The van der Waals surface area contributed by atoms with E-state index in [1.54, 1.807) is 0 Å². The molecule has 0 spiro atoms. The van der Waals surface area contributed by atoms with E-state index in [4.69, 9.17) is 9.47 Å². The van der Waals surface area contributed by atoms with Crippen LogP contribution in [0.25, 0.3) is 0 Å². The lowest BCUT2D eigenvalue weighted by molar-refractivity contribution is -0.167. The fourth-order valence-electron chi connectivity index (χ4n) is 4.34. The average Bonchev–Trinajstić information content (AvgIpc) is 2.50. The van der Waals surface area contributed by atoms with E-state index in [2.05, 4.69) is 32.7 Å². The highest BCUT2D eigenvalue weighted by Crippen LogP contribution is 2.41. The molecule has 0 N–H and O–H groups in total. The minimum absolute atomic E-state index is 0.0945. The summed E-state index contributed by atoms with van der Waals surface area (Å²) in [5.41, 5.74) is 0. The van der Waals surface area contributed by atoms with Crippen molar-refractivity contribution in [1.82, 2.24) is 0 Å². The van der Waals surface area contributed by atoms with Crippen LogP contribution in [0.2, 0.25) is 0 Å². The van der Waals surface area contributed by atoms with Crippen LogP contribution in [0.5, 0.6) is 0 Å². The molecule has 3 heteroatoms. The van der Waals surface area contributed by atoms with Gasteiger partial charge >= 0.3 is 0 Å². The SMILES string of the molecule is CCOC(C)OC(C=CI)C1CC(CCCC2CCCCC2)C1. The highest BCUT2D eigenvalue weighted by molar-refractivity contribution is 14.1. The van der Waals surface area contributed by atoms with E-state index in [1.165, 1.54) is 64.2 Å². The Morgan fingerprint density at radius 1 is 1.09 bits per heavy atom. The molecule has 0 heterocycles. The molecule has 0 aromatic rings. The molecular formula is C20H35IO2. The van der Waals surface area contributed by atoms with Crippen molar-refractivity contribution in [3.63, 3.8) is 0 Å². The summed E-state index contributed by atoms with van der Waals surface area (Å²) in [6.07, 6.45) is 16.8. The Kier molecular flexibility index (Phi) is 9.51. The van der Waals surface area contributed by atoms with Gasteiger partial charge in [-0.3, -0.25) is 0 Å². The van der Waals surface area contributed by atoms with E-state index in [9.17, 15) is 0 Å². The minimum Gasteiger partial charge on any atom is -0.353 e. The van der Waals surface area contributed by atoms with Gasteiger partial charge < -0.3 is 9.47 Å². The van der Waals surface area contributed by atoms with Gasteiger partial charge in [-0.25, -0.2) is 0 Å². The highest BCUT2D eigenvalue weighted by atomic mass is 127. The standard InChI is InChI=1S/C20H35IO2/c1-3-22-16(2)23-20(12-13-21)19-14-18(15-19)11-7-10-17-8-5-4-6-9-17/h12-13,16-20H,3-11,14-15H2,1-2H3. The van der Waals surface area contributed by atoms with Crippen molar-refractivity contribution < 1.29 is 9.47 Å². The zero-order valence-corrected chi connectivity index (χ0v) is 17.2.